The normalized spacial score (nSPS) is 15.8. The van der Waals surface area contributed by atoms with Gasteiger partial charge in [-0.3, -0.25) is 4.90 Å². The second-order valence-corrected chi connectivity index (χ2v) is 9.00. The molecule has 3 aromatic rings. The van der Waals surface area contributed by atoms with Crippen molar-refractivity contribution in [1.29, 1.82) is 0 Å². The molecule has 1 fully saturated rings. The Morgan fingerprint density at radius 1 is 1.15 bits per heavy atom. The van der Waals surface area contributed by atoms with Crippen LogP contribution in [0.25, 0.3) is 11.1 Å². The van der Waals surface area contributed by atoms with Crippen LogP contribution in [0.5, 0.6) is 5.75 Å². The molecule has 0 saturated carbocycles. The smallest absolute Gasteiger partial charge is 0.342 e. The third-order valence-corrected chi connectivity index (χ3v) is 6.27. The monoisotopic (exact) mass is 459 g/mol. The van der Waals surface area contributed by atoms with Crippen molar-refractivity contribution < 1.29 is 14.6 Å². The highest BCUT2D eigenvalue weighted by Gasteiger charge is 2.32. The van der Waals surface area contributed by atoms with Crippen LogP contribution >= 0.6 is 0 Å². The van der Waals surface area contributed by atoms with E-state index in [0.29, 0.717) is 17.4 Å². The molecule has 1 N–H and O–H groups in total. The fraction of sp³-hybridized carbons (Fsp3) is 0.357. The van der Waals surface area contributed by atoms with Crippen molar-refractivity contribution in [2.24, 2.45) is 0 Å². The summed E-state index contributed by atoms with van der Waals surface area (Å²) >= 11 is 0. The van der Waals surface area contributed by atoms with Crippen LogP contribution in [0.4, 0.5) is 5.82 Å². The van der Waals surface area contributed by atoms with Crippen LogP contribution in [0.1, 0.15) is 43.1 Å². The Bertz CT molecular complexity index is 1100. The van der Waals surface area contributed by atoms with Crippen LogP contribution < -0.4 is 4.90 Å². The lowest BCUT2D eigenvalue weighted by Gasteiger charge is -2.28. The number of aromatic nitrogens is 1. The number of rotatable bonds is 8. The maximum atomic E-state index is 13.2. The predicted octanol–water partition coefficient (Wildman–Crippen LogP) is 5.12. The van der Waals surface area contributed by atoms with Crippen molar-refractivity contribution >= 4 is 11.8 Å². The molecule has 1 aromatic heterocycles. The summed E-state index contributed by atoms with van der Waals surface area (Å²) in [4.78, 5) is 22.6. The minimum atomic E-state index is -0.336. The van der Waals surface area contributed by atoms with E-state index in [0.717, 1.165) is 43.7 Å². The summed E-state index contributed by atoms with van der Waals surface area (Å²) in [7, 11) is 0. The van der Waals surface area contributed by atoms with Crippen molar-refractivity contribution in [2.75, 3.05) is 24.5 Å². The topological polar surface area (TPSA) is 65.9 Å². The van der Waals surface area contributed by atoms with Crippen molar-refractivity contribution in [3.8, 4) is 16.9 Å². The van der Waals surface area contributed by atoms with E-state index in [1.807, 2.05) is 62.4 Å². The molecule has 6 heteroatoms. The summed E-state index contributed by atoms with van der Waals surface area (Å²) in [6.45, 7) is 9.24. The Labute approximate surface area is 201 Å². The van der Waals surface area contributed by atoms with Gasteiger partial charge in [0.2, 0.25) is 0 Å². The molecule has 1 aliphatic rings. The van der Waals surface area contributed by atoms with Gasteiger partial charge in [0.05, 0.1) is 6.10 Å². The summed E-state index contributed by atoms with van der Waals surface area (Å²) < 4.78 is 5.65. The van der Waals surface area contributed by atoms with E-state index in [4.69, 9.17) is 4.74 Å². The number of carbonyl (C=O) groups is 1. The molecule has 2 heterocycles. The predicted molar refractivity (Wildman–Crippen MR) is 135 cm³/mol. The van der Waals surface area contributed by atoms with E-state index in [1.54, 1.807) is 18.3 Å². The van der Waals surface area contributed by atoms with E-state index >= 15 is 0 Å². The number of nitrogens with zero attached hydrogens (tertiary/aromatic N) is 3. The molecular formula is C28H33N3O3. The quantitative estimate of drug-likeness (QED) is 0.472. The van der Waals surface area contributed by atoms with Crippen molar-refractivity contribution in [3.05, 3.63) is 78.0 Å². The van der Waals surface area contributed by atoms with E-state index in [-0.39, 0.29) is 17.8 Å². The number of benzene rings is 2. The highest BCUT2D eigenvalue weighted by Crippen LogP contribution is 2.33. The van der Waals surface area contributed by atoms with E-state index < -0.39 is 0 Å². The second kappa shape index (κ2) is 10.7. The Kier molecular flexibility index (Phi) is 7.48. The summed E-state index contributed by atoms with van der Waals surface area (Å²) in [6, 6.07) is 19.6. The van der Waals surface area contributed by atoms with Crippen molar-refractivity contribution in [2.45, 2.75) is 45.9 Å². The van der Waals surface area contributed by atoms with Gasteiger partial charge in [0, 0.05) is 37.4 Å². The summed E-state index contributed by atoms with van der Waals surface area (Å²) in [5, 5.41) is 9.59. The lowest BCUT2D eigenvalue weighted by Crippen LogP contribution is -2.37. The van der Waals surface area contributed by atoms with Gasteiger partial charge in [-0.1, -0.05) is 49.4 Å². The number of hydrogen-bond acceptors (Lipinski definition) is 6. The maximum Gasteiger partial charge on any atom is 0.342 e. The Balaban J connectivity index is 1.61. The third kappa shape index (κ3) is 5.39. The molecule has 178 valence electrons. The van der Waals surface area contributed by atoms with Gasteiger partial charge in [0.25, 0.3) is 0 Å². The van der Waals surface area contributed by atoms with Crippen molar-refractivity contribution in [1.82, 2.24) is 9.88 Å². The van der Waals surface area contributed by atoms with Gasteiger partial charge in [-0.2, -0.15) is 0 Å². The molecule has 2 aromatic carbocycles. The zero-order chi connectivity index (χ0) is 24.1. The molecule has 0 spiro atoms. The van der Waals surface area contributed by atoms with E-state index in [9.17, 15) is 9.90 Å². The molecule has 6 nitrogen and oxygen atoms in total. The number of phenolic OH excluding ortho intramolecular Hbond substituents is 1. The Hall–Kier alpha value is -3.38. The first-order valence-electron chi connectivity index (χ1n) is 12.0. The van der Waals surface area contributed by atoms with Gasteiger partial charge in [-0.15, -0.1) is 0 Å². The number of aromatic hydroxyl groups is 1. The van der Waals surface area contributed by atoms with Gasteiger partial charge in [0.1, 0.15) is 17.1 Å². The summed E-state index contributed by atoms with van der Waals surface area (Å²) in [5.41, 5.74) is 3.52. The fourth-order valence-corrected chi connectivity index (χ4v) is 4.59. The summed E-state index contributed by atoms with van der Waals surface area (Å²) in [5.74, 6) is 0.635. The molecule has 1 aliphatic heterocycles. The SMILES string of the molecule is CCN(Cc1ccc(O)cc1)[C@@H]1CCN(c2nccc(-c3ccccc3)c2C(=O)OC(C)C)C1. The zero-order valence-corrected chi connectivity index (χ0v) is 20.1. The molecule has 4 rings (SSSR count). The molecular weight excluding hydrogens is 426 g/mol. The summed E-state index contributed by atoms with van der Waals surface area (Å²) in [6.07, 6.45) is 2.56. The number of pyridine rings is 1. The van der Waals surface area contributed by atoms with Crippen LogP contribution in [0.3, 0.4) is 0 Å². The highest BCUT2D eigenvalue weighted by molar-refractivity contribution is 6.02. The first-order chi connectivity index (χ1) is 16.5. The van der Waals surface area contributed by atoms with Gasteiger partial charge >= 0.3 is 5.97 Å². The van der Waals surface area contributed by atoms with Gasteiger partial charge < -0.3 is 14.7 Å². The van der Waals surface area contributed by atoms with Crippen LogP contribution in [0, 0.1) is 0 Å². The molecule has 0 aliphatic carbocycles. The Morgan fingerprint density at radius 2 is 1.88 bits per heavy atom. The zero-order valence-electron chi connectivity index (χ0n) is 20.1. The lowest BCUT2D eigenvalue weighted by molar-refractivity contribution is 0.0379. The number of carbonyl (C=O) groups excluding carboxylic acids is 1. The highest BCUT2D eigenvalue weighted by atomic mass is 16.5. The first kappa shape index (κ1) is 23.8. The molecule has 34 heavy (non-hydrogen) atoms. The third-order valence-electron chi connectivity index (χ3n) is 6.27. The number of hydrogen-bond donors (Lipinski definition) is 1. The molecule has 0 bridgehead atoms. The molecule has 0 amide bonds. The van der Waals surface area contributed by atoms with Gasteiger partial charge in [-0.25, -0.2) is 9.78 Å². The van der Waals surface area contributed by atoms with Crippen molar-refractivity contribution in [3.63, 3.8) is 0 Å². The van der Waals surface area contributed by atoms with Crippen LogP contribution in [0.15, 0.2) is 66.9 Å². The molecule has 0 unspecified atom stereocenters. The lowest BCUT2D eigenvalue weighted by atomic mass is 10.0. The molecule has 1 atom stereocenters. The maximum absolute atomic E-state index is 13.2. The van der Waals surface area contributed by atoms with Crippen LogP contribution in [0.2, 0.25) is 0 Å². The van der Waals surface area contributed by atoms with Gasteiger partial charge in [0.15, 0.2) is 0 Å². The minimum absolute atomic E-state index is 0.212. The Morgan fingerprint density at radius 3 is 2.56 bits per heavy atom. The standard InChI is InChI=1S/C28H33N3O3/c1-4-30(18-21-10-12-24(32)13-11-21)23-15-17-31(19-23)27-26(28(33)34-20(2)3)25(14-16-29-27)22-8-6-5-7-9-22/h5-14,16,20,23,32H,4,15,17-19H2,1-3H3/t23-/m1/s1. The second-order valence-electron chi connectivity index (χ2n) is 9.00. The minimum Gasteiger partial charge on any atom is -0.508 e. The van der Waals surface area contributed by atoms with Gasteiger partial charge in [-0.05, 0) is 56.1 Å². The molecule has 1 saturated heterocycles. The number of esters is 1. The number of anilines is 1. The number of phenols is 1. The van der Waals surface area contributed by atoms with E-state index in [2.05, 4.69) is 21.7 Å². The average molecular weight is 460 g/mol. The first-order valence-corrected chi connectivity index (χ1v) is 12.0. The average Bonchev–Trinajstić information content (AvgIpc) is 3.33. The van der Waals surface area contributed by atoms with Crippen LogP contribution in [-0.2, 0) is 11.3 Å². The fourth-order valence-electron chi connectivity index (χ4n) is 4.59. The van der Waals surface area contributed by atoms with E-state index in [1.165, 1.54) is 5.56 Å². The number of ether oxygens (including phenoxy) is 1. The number of likely N-dealkylation sites (N-methyl/N-ethyl adjacent to an activating group) is 1. The molecule has 0 radical (unpaired) electrons. The largest absolute Gasteiger partial charge is 0.508 e. The van der Waals surface area contributed by atoms with Crippen LogP contribution in [-0.4, -0.2) is 52.7 Å².